The van der Waals surface area contributed by atoms with Crippen LogP contribution in [0.15, 0.2) is 76.4 Å². The maximum Gasteiger partial charge on any atom is 0.234 e. The van der Waals surface area contributed by atoms with Gasteiger partial charge in [-0.3, -0.25) is 9.59 Å². The van der Waals surface area contributed by atoms with Gasteiger partial charge >= 0.3 is 0 Å². The number of hydrogen-bond acceptors (Lipinski definition) is 7. The van der Waals surface area contributed by atoms with E-state index in [2.05, 4.69) is 15.2 Å². The number of methoxy groups -OCH3 is 1. The highest BCUT2D eigenvalue weighted by molar-refractivity contribution is 8.01. The van der Waals surface area contributed by atoms with E-state index in [4.69, 9.17) is 4.74 Å². The summed E-state index contributed by atoms with van der Waals surface area (Å²) in [4.78, 5) is 34.2. The Morgan fingerprint density at radius 1 is 1.00 bits per heavy atom. The molecule has 2 amide bonds. The number of amides is 2. The number of thioether (sulfide) groups is 1. The lowest BCUT2D eigenvalue weighted by molar-refractivity contribution is -0.130. The smallest absolute Gasteiger partial charge is 0.234 e. The molecule has 0 atom stereocenters. The van der Waals surface area contributed by atoms with Crippen LogP contribution in [0.25, 0.3) is 10.8 Å². The minimum Gasteiger partial charge on any atom is -0.497 e. The van der Waals surface area contributed by atoms with Crippen LogP contribution >= 0.6 is 23.1 Å². The fourth-order valence-electron chi connectivity index (χ4n) is 4.36. The fourth-order valence-corrected chi connectivity index (χ4v) is 6.00. The molecule has 0 unspecified atom stereocenters. The summed E-state index contributed by atoms with van der Waals surface area (Å²) < 4.78 is 6.02. The van der Waals surface area contributed by atoms with Crippen LogP contribution in [0.2, 0.25) is 0 Å². The van der Waals surface area contributed by atoms with Gasteiger partial charge in [0.05, 0.1) is 25.0 Å². The SMILES string of the molecule is COc1ccc(N2CCN(C(=O)Cc3csc(SCC(=O)Nc4cccc5ccccc45)n3)CC2)cc1. The molecule has 0 bridgehead atoms. The van der Waals surface area contributed by atoms with Crippen molar-refractivity contribution in [1.29, 1.82) is 0 Å². The Labute approximate surface area is 224 Å². The van der Waals surface area contributed by atoms with Gasteiger partial charge < -0.3 is 19.9 Å². The molecule has 2 heterocycles. The molecule has 1 fully saturated rings. The van der Waals surface area contributed by atoms with E-state index in [0.29, 0.717) is 13.1 Å². The summed E-state index contributed by atoms with van der Waals surface area (Å²) in [5.74, 6) is 1.11. The van der Waals surface area contributed by atoms with Crippen LogP contribution in [-0.4, -0.2) is 60.7 Å². The van der Waals surface area contributed by atoms with Crippen LogP contribution in [0.5, 0.6) is 5.75 Å². The molecular formula is C28H28N4O3S2. The van der Waals surface area contributed by atoms with Gasteiger partial charge in [0, 0.05) is 48.3 Å². The number of anilines is 2. The van der Waals surface area contributed by atoms with Gasteiger partial charge in [-0.2, -0.15) is 0 Å². The maximum atomic E-state index is 12.9. The lowest BCUT2D eigenvalue weighted by Crippen LogP contribution is -2.49. The van der Waals surface area contributed by atoms with Crippen molar-refractivity contribution in [1.82, 2.24) is 9.88 Å². The Balaban J connectivity index is 1.08. The summed E-state index contributed by atoms with van der Waals surface area (Å²) in [6, 6.07) is 21.9. The molecule has 1 aromatic heterocycles. The zero-order valence-corrected chi connectivity index (χ0v) is 22.2. The zero-order valence-electron chi connectivity index (χ0n) is 20.6. The third-order valence-electron chi connectivity index (χ3n) is 6.32. The molecule has 190 valence electrons. The Bertz CT molecular complexity index is 1380. The Hall–Kier alpha value is -3.56. The lowest BCUT2D eigenvalue weighted by atomic mass is 10.1. The Morgan fingerprint density at radius 2 is 1.76 bits per heavy atom. The number of thiazole rings is 1. The third-order valence-corrected chi connectivity index (χ3v) is 8.39. The summed E-state index contributed by atoms with van der Waals surface area (Å²) in [6.45, 7) is 2.96. The van der Waals surface area contributed by atoms with Crippen LogP contribution in [0, 0.1) is 0 Å². The first-order valence-corrected chi connectivity index (χ1v) is 14.0. The van der Waals surface area contributed by atoms with Crippen molar-refractivity contribution in [3.63, 3.8) is 0 Å². The molecule has 9 heteroatoms. The summed E-state index contributed by atoms with van der Waals surface area (Å²) in [5.41, 5.74) is 2.70. The summed E-state index contributed by atoms with van der Waals surface area (Å²) >= 11 is 2.86. The number of carbonyl (C=O) groups excluding carboxylic acids is 2. The minimum atomic E-state index is -0.0797. The molecule has 4 aromatic rings. The quantitative estimate of drug-likeness (QED) is 0.325. The number of aromatic nitrogens is 1. The predicted molar refractivity (Wildman–Crippen MR) is 151 cm³/mol. The van der Waals surface area contributed by atoms with Crippen LogP contribution in [0.4, 0.5) is 11.4 Å². The first-order valence-electron chi connectivity index (χ1n) is 12.1. The van der Waals surface area contributed by atoms with Gasteiger partial charge in [0.1, 0.15) is 5.75 Å². The topological polar surface area (TPSA) is 74.8 Å². The molecule has 7 nitrogen and oxygen atoms in total. The molecule has 3 aromatic carbocycles. The van der Waals surface area contributed by atoms with E-state index in [1.807, 2.05) is 77.0 Å². The van der Waals surface area contributed by atoms with Gasteiger partial charge in [-0.25, -0.2) is 4.98 Å². The van der Waals surface area contributed by atoms with Gasteiger partial charge in [-0.15, -0.1) is 11.3 Å². The maximum absolute atomic E-state index is 12.9. The van der Waals surface area contributed by atoms with E-state index in [-0.39, 0.29) is 24.0 Å². The van der Waals surface area contributed by atoms with Crippen molar-refractivity contribution in [2.75, 3.05) is 49.3 Å². The Morgan fingerprint density at radius 3 is 2.54 bits per heavy atom. The van der Waals surface area contributed by atoms with Crippen LogP contribution in [0.1, 0.15) is 5.69 Å². The van der Waals surface area contributed by atoms with E-state index in [9.17, 15) is 9.59 Å². The number of nitrogens with one attached hydrogen (secondary N) is 1. The number of benzene rings is 3. The van der Waals surface area contributed by atoms with E-state index in [0.717, 1.165) is 51.0 Å². The number of piperazine rings is 1. The van der Waals surface area contributed by atoms with Gasteiger partial charge in [0.2, 0.25) is 11.8 Å². The number of rotatable bonds is 8. The zero-order chi connectivity index (χ0) is 25.6. The van der Waals surface area contributed by atoms with Gasteiger partial charge in [-0.1, -0.05) is 48.2 Å². The van der Waals surface area contributed by atoms with E-state index >= 15 is 0 Å². The van der Waals surface area contributed by atoms with Crippen molar-refractivity contribution in [2.45, 2.75) is 10.8 Å². The first-order chi connectivity index (χ1) is 18.1. The minimum absolute atomic E-state index is 0.0797. The second kappa shape index (κ2) is 11.7. The average molecular weight is 533 g/mol. The highest BCUT2D eigenvalue weighted by Gasteiger charge is 2.22. The van der Waals surface area contributed by atoms with E-state index < -0.39 is 0 Å². The van der Waals surface area contributed by atoms with Gasteiger partial charge in [0.15, 0.2) is 4.34 Å². The monoisotopic (exact) mass is 532 g/mol. The normalized spacial score (nSPS) is 13.5. The molecule has 0 saturated carbocycles. The summed E-state index contributed by atoms with van der Waals surface area (Å²) in [7, 11) is 1.66. The van der Waals surface area contributed by atoms with E-state index in [1.54, 1.807) is 7.11 Å². The molecule has 1 aliphatic heterocycles. The molecule has 0 aliphatic carbocycles. The van der Waals surface area contributed by atoms with Crippen molar-refractivity contribution >= 4 is 57.1 Å². The molecular weight excluding hydrogens is 504 g/mol. The number of fused-ring (bicyclic) bond motifs is 1. The van der Waals surface area contributed by atoms with Gasteiger partial charge in [-0.05, 0) is 35.7 Å². The number of ether oxygens (including phenoxy) is 1. The molecule has 0 radical (unpaired) electrons. The average Bonchev–Trinajstić information content (AvgIpc) is 3.39. The highest BCUT2D eigenvalue weighted by atomic mass is 32.2. The number of hydrogen-bond donors (Lipinski definition) is 1. The molecule has 1 aliphatic rings. The lowest BCUT2D eigenvalue weighted by Gasteiger charge is -2.36. The van der Waals surface area contributed by atoms with Crippen LogP contribution < -0.4 is 15.0 Å². The third kappa shape index (κ3) is 6.23. The molecule has 1 saturated heterocycles. The van der Waals surface area contributed by atoms with Crippen LogP contribution in [0.3, 0.4) is 0 Å². The van der Waals surface area contributed by atoms with E-state index in [1.165, 1.54) is 23.1 Å². The summed E-state index contributed by atoms with van der Waals surface area (Å²) in [5, 5.41) is 7.02. The fraction of sp³-hybridized carbons (Fsp3) is 0.250. The summed E-state index contributed by atoms with van der Waals surface area (Å²) in [6.07, 6.45) is 0.280. The standard InChI is InChI=1S/C28H28N4O3S2/c1-35-23-11-9-22(10-12-23)31-13-15-32(16-14-31)27(34)17-21-18-36-28(29-21)37-19-26(33)30-25-8-4-6-20-5-2-3-7-24(20)25/h2-12,18H,13-17,19H2,1H3,(H,30,33). The van der Waals surface area contributed by atoms with Crippen molar-refractivity contribution < 1.29 is 14.3 Å². The van der Waals surface area contributed by atoms with Crippen LogP contribution in [-0.2, 0) is 16.0 Å². The van der Waals surface area contributed by atoms with Gasteiger partial charge in [0.25, 0.3) is 0 Å². The highest BCUT2D eigenvalue weighted by Crippen LogP contribution is 2.26. The second-order valence-corrected chi connectivity index (χ2v) is 10.8. The Kier molecular flexibility index (Phi) is 7.91. The molecule has 1 N–H and O–H groups in total. The van der Waals surface area contributed by atoms with Crippen molar-refractivity contribution in [3.05, 3.63) is 77.8 Å². The molecule has 5 rings (SSSR count). The second-order valence-electron chi connectivity index (χ2n) is 8.71. The van der Waals surface area contributed by atoms with Crippen molar-refractivity contribution in [2.24, 2.45) is 0 Å². The number of carbonyl (C=O) groups is 2. The predicted octanol–water partition coefficient (Wildman–Crippen LogP) is 4.93. The number of nitrogens with zero attached hydrogens (tertiary/aromatic N) is 3. The molecule has 0 spiro atoms. The largest absolute Gasteiger partial charge is 0.497 e. The van der Waals surface area contributed by atoms with Crippen molar-refractivity contribution in [3.8, 4) is 5.75 Å². The molecule has 37 heavy (non-hydrogen) atoms. The first kappa shape index (κ1) is 25.1.